The van der Waals surface area contributed by atoms with Gasteiger partial charge in [-0.3, -0.25) is 0 Å². The van der Waals surface area contributed by atoms with Crippen molar-refractivity contribution in [1.29, 1.82) is 0 Å². The Morgan fingerprint density at radius 1 is 1.23 bits per heavy atom. The molecule has 186 valence electrons. The Bertz CT molecular complexity index is 1390. The zero-order valence-corrected chi connectivity index (χ0v) is 20.4. The van der Waals surface area contributed by atoms with E-state index < -0.39 is 40.0 Å². The fraction of sp³-hybridized carbons (Fsp3) is 0.417. The molecule has 2 N–H and O–H groups in total. The van der Waals surface area contributed by atoms with Gasteiger partial charge < -0.3 is 24.6 Å². The highest BCUT2D eigenvalue weighted by molar-refractivity contribution is 7.93. The second-order valence-electron chi connectivity index (χ2n) is 8.80. The third kappa shape index (κ3) is 4.81. The highest BCUT2D eigenvalue weighted by atomic mass is 32.2. The molecule has 0 saturated carbocycles. The normalized spacial score (nSPS) is 25.3. The van der Waals surface area contributed by atoms with Crippen LogP contribution in [-0.4, -0.2) is 68.9 Å². The number of anilines is 2. The first-order valence-corrected chi connectivity index (χ1v) is 13.4. The summed E-state index contributed by atoms with van der Waals surface area (Å²) in [5, 5.41) is 14.0. The Hall–Kier alpha value is -2.86. The van der Waals surface area contributed by atoms with Crippen LogP contribution in [0.15, 0.2) is 41.0 Å². The molecule has 0 radical (unpaired) electrons. The smallest absolute Gasteiger partial charge is 0.151 e. The summed E-state index contributed by atoms with van der Waals surface area (Å²) >= 11 is 0. The van der Waals surface area contributed by atoms with Crippen LogP contribution in [0.3, 0.4) is 0 Å². The van der Waals surface area contributed by atoms with Gasteiger partial charge in [-0.2, -0.15) is 4.36 Å². The number of fused-ring (bicyclic) bond motifs is 2. The van der Waals surface area contributed by atoms with E-state index in [0.29, 0.717) is 28.5 Å². The van der Waals surface area contributed by atoms with Crippen molar-refractivity contribution in [2.45, 2.75) is 38.3 Å². The number of nitrogens with one attached hydrogen (secondary N) is 1. The minimum absolute atomic E-state index is 0.176. The minimum atomic E-state index is -2.32. The molecule has 9 nitrogen and oxygen atoms in total. The predicted molar refractivity (Wildman–Crippen MR) is 131 cm³/mol. The van der Waals surface area contributed by atoms with Crippen LogP contribution in [0.25, 0.3) is 10.9 Å². The lowest BCUT2D eigenvalue weighted by atomic mass is 10.1. The van der Waals surface area contributed by atoms with E-state index in [9.17, 15) is 13.7 Å². The third-order valence-corrected chi connectivity index (χ3v) is 7.88. The van der Waals surface area contributed by atoms with E-state index >= 15 is 0 Å². The van der Waals surface area contributed by atoms with E-state index in [0.717, 1.165) is 10.9 Å². The lowest BCUT2D eigenvalue weighted by molar-refractivity contribution is 0.00871. The van der Waals surface area contributed by atoms with Gasteiger partial charge in [0.1, 0.15) is 42.0 Å². The van der Waals surface area contributed by atoms with E-state index in [2.05, 4.69) is 19.6 Å². The summed E-state index contributed by atoms with van der Waals surface area (Å²) in [4.78, 5) is 8.77. The number of nitrogens with zero attached hydrogens (tertiary/aromatic N) is 3. The monoisotopic (exact) mass is 502 g/mol. The number of benzene rings is 2. The maximum atomic E-state index is 14.1. The van der Waals surface area contributed by atoms with Gasteiger partial charge in [-0.1, -0.05) is 6.92 Å². The molecule has 0 bridgehead atoms. The van der Waals surface area contributed by atoms with E-state index in [1.165, 1.54) is 18.5 Å². The standard InChI is InChI=1S/C24H27FN4O5S/c1-4-35(3,31)29-15-7-13(2)21-17(9-15)26-12-27-24(21)28-16-6-5-14(25)8-19(16)34-20-11-33-22-18(30)10-32-23(20)22/h5-9,12,18,20,22-23,30H,4,10-11H2,1-3H3,(H,26,27,28)/t18-,20-,22?,23?,35?/m1/s1. The van der Waals surface area contributed by atoms with Crippen molar-refractivity contribution < 1.29 is 27.9 Å². The van der Waals surface area contributed by atoms with Crippen molar-refractivity contribution in [3.8, 4) is 5.75 Å². The highest BCUT2D eigenvalue weighted by Gasteiger charge is 2.48. The quantitative estimate of drug-likeness (QED) is 0.527. The molecule has 0 amide bonds. The van der Waals surface area contributed by atoms with Gasteiger partial charge >= 0.3 is 0 Å². The van der Waals surface area contributed by atoms with Crippen LogP contribution >= 0.6 is 0 Å². The fourth-order valence-corrected chi connectivity index (χ4v) is 5.02. The number of hydrogen-bond donors (Lipinski definition) is 2. The molecule has 11 heteroatoms. The molecule has 5 rings (SSSR count). The van der Waals surface area contributed by atoms with Crippen LogP contribution in [-0.2, 0) is 19.2 Å². The molecular weight excluding hydrogens is 475 g/mol. The van der Waals surface area contributed by atoms with Crippen LogP contribution in [0.1, 0.15) is 12.5 Å². The minimum Gasteiger partial charge on any atom is -0.483 e. The summed E-state index contributed by atoms with van der Waals surface area (Å²) in [5.74, 6) is 0.777. The maximum Gasteiger partial charge on any atom is 0.151 e. The molecule has 2 saturated heterocycles. The molecular formula is C24H27FN4O5S. The molecule has 2 aromatic carbocycles. The molecule has 35 heavy (non-hydrogen) atoms. The lowest BCUT2D eigenvalue weighted by Gasteiger charge is -2.21. The third-order valence-electron chi connectivity index (χ3n) is 6.21. The molecule has 5 atom stereocenters. The Kier molecular flexibility index (Phi) is 6.34. The van der Waals surface area contributed by atoms with Gasteiger partial charge in [0.15, 0.2) is 6.10 Å². The zero-order chi connectivity index (χ0) is 24.7. The maximum absolute atomic E-state index is 14.1. The van der Waals surface area contributed by atoms with Gasteiger partial charge in [0.05, 0.1) is 30.1 Å². The summed E-state index contributed by atoms with van der Waals surface area (Å²) in [6, 6.07) is 7.81. The van der Waals surface area contributed by atoms with E-state index in [1.807, 2.05) is 19.9 Å². The molecule has 3 heterocycles. The summed E-state index contributed by atoms with van der Waals surface area (Å²) in [6.07, 6.45) is 0.972. The Labute approximate surface area is 202 Å². The Balaban J connectivity index is 1.48. The summed E-state index contributed by atoms with van der Waals surface area (Å²) in [6.45, 7) is 4.14. The Morgan fingerprint density at radius 3 is 2.83 bits per heavy atom. The van der Waals surface area contributed by atoms with Gasteiger partial charge in [-0.05, 0) is 36.8 Å². The van der Waals surface area contributed by atoms with Gasteiger partial charge in [0, 0.05) is 33.2 Å². The van der Waals surface area contributed by atoms with Crippen LogP contribution in [0.4, 0.5) is 21.6 Å². The highest BCUT2D eigenvalue weighted by Crippen LogP contribution is 2.36. The topological polar surface area (TPSA) is 115 Å². The van der Waals surface area contributed by atoms with Crippen LogP contribution in [0.2, 0.25) is 0 Å². The Morgan fingerprint density at radius 2 is 2.03 bits per heavy atom. The van der Waals surface area contributed by atoms with Crippen molar-refractivity contribution >= 4 is 37.8 Å². The molecule has 2 aliphatic rings. The van der Waals surface area contributed by atoms with Crippen molar-refractivity contribution in [1.82, 2.24) is 9.97 Å². The first kappa shape index (κ1) is 23.9. The van der Waals surface area contributed by atoms with E-state index in [-0.39, 0.29) is 19.0 Å². The fourth-order valence-electron chi connectivity index (χ4n) is 4.34. The van der Waals surface area contributed by atoms with Crippen molar-refractivity contribution in [3.63, 3.8) is 0 Å². The molecule has 2 aliphatic heterocycles. The van der Waals surface area contributed by atoms with Gasteiger partial charge in [-0.25, -0.2) is 18.6 Å². The molecule has 3 aromatic rings. The molecule has 1 aromatic heterocycles. The number of rotatable bonds is 6. The van der Waals surface area contributed by atoms with Gasteiger partial charge in [0.2, 0.25) is 0 Å². The van der Waals surface area contributed by atoms with Crippen LogP contribution in [0.5, 0.6) is 5.75 Å². The number of hydrogen-bond acceptors (Lipinski definition) is 9. The van der Waals surface area contributed by atoms with E-state index in [1.54, 1.807) is 18.4 Å². The van der Waals surface area contributed by atoms with Crippen LogP contribution < -0.4 is 10.1 Å². The molecule has 0 spiro atoms. The number of aliphatic hydroxyl groups excluding tert-OH is 1. The lowest BCUT2D eigenvalue weighted by Crippen LogP contribution is -2.34. The second-order valence-corrected chi connectivity index (χ2v) is 11.5. The molecule has 2 fully saturated rings. The van der Waals surface area contributed by atoms with Crippen LogP contribution in [0, 0.1) is 12.7 Å². The van der Waals surface area contributed by atoms with Gasteiger partial charge in [0.25, 0.3) is 0 Å². The van der Waals surface area contributed by atoms with E-state index in [4.69, 9.17) is 14.2 Å². The average Bonchev–Trinajstić information content (AvgIpc) is 3.38. The summed E-state index contributed by atoms with van der Waals surface area (Å²) in [7, 11) is -2.32. The zero-order valence-electron chi connectivity index (χ0n) is 19.6. The number of aliphatic hydroxyl groups is 1. The second kappa shape index (κ2) is 9.30. The molecule has 0 aliphatic carbocycles. The average molecular weight is 503 g/mol. The SMILES string of the molecule is CCS(C)(=O)=Nc1cc(C)c2c(Nc3ccc(F)cc3O[C@@H]3COC4C3OC[C@H]4O)ncnc2c1. The number of aromatic nitrogens is 2. The van der Waals surface area contributed by atoms with Crippen molar-refractivity contribution in [2.24, 2.45) is 4.36 Å². The summed E-state index contributed by atoms with van der Waals surface area (Å²) in [5.41, 5.74) is 2.58. The van der Waals surface area contributed by atoms with Crippen molar-refractivity contribution in [2.75, 3.05) is 30.5 Å². The number of aryl methyl sites for hydroxylation is 1. The van der Waals surface area contributed by atoms with Crippen molar-refractivity contribution in [3.05, 3.63) is 48.0 Å². The first-order valence-electron chi connectivity index (χ1n) is 11.3. The largest absolute Gasteiger partial charge is 0.483 e. The number of ether oxygens (including phenoxy) is 3. The van der Waals surface area contributed by atoms with Gasteiger partial charge in [-0.15, -0.1) is 0 Å². The summed E-state index contributed by atoms with van der Waals surface area (Å²) < 4.78 is 48.4. The number of halogens is 1. The molecule has 3 unspecified atom stereocenters. The first-order chi connectivity index (χ1) is 16.7. The predicted octanol–water partition coefficient (Wildman–Crippen LogP) is 3.48.